The molecule has 0 aromatic rings. The van der Waals surface area contributed by atoms with Gasteiger partial charge in [0.05, 0.1) is 0 Å². The maximum atomic E-state index is 9.10. The summed E-state index contributed by atoms with van der Waals surface area (Å²) in [5.74, 6) is 6.11. The standard InChI is InChI=1S/C38H74O2/c1-3-5-7-17-24-34-31-36-28-27-33(23-19-13-9-11-15-21-29-39)37(26-20-14-10-12-16-22-30-40)38(36)32-35(34)25-18-8-6-4-2/h33-40H,3-32H2,1-2H3. The van der Waals surface area contributed by atoms with E-state index in [4.69, 9.17) is 10.2 Å². The first-order valence-corrected chi connectivity index (χ1v) is 19.0. The monoisotopic (exact) mass is 563 g/mol. The third kappa shape index (κ3) is 14.9. The van der Waals surface area contributed by atoms with Gasteiger partial charge in [-0.2, -0.15) is 0 Å². The molecule has 2 aliphatic rings. The molecule has 2 saturated carbocycles. The van der Waals surface area contributed by atoms with E-state index in [0.29, 0.717) is 13.2 Å². The Kier molecular flexibility index (Phi) is 22.0. The van der Waals surface area contributed by atoms with Gasteiger partial charge in [0.1, 0.15) is 0 Å². The molecule has 0 bridgehead atoms. The van der Waals surface area contributed by atoms with E-state index >= 15 is 0 Å². The van der Waals surface area contributed by atoms with E-state index in [1.54, 1.807) is 12.8 Å². The van der Waals surface area contributed by atoms with Crippen molar-refractivity contribution in [3.8, 4) is 0 Å². The van der Waals surface area contributed by atoms with E-state index in [1.165, 1.54) is 154 Å². The van der Waals surface area contributed by atoms with Crippen molar-refractivity contribution in [1.29, 1.82) is 0 Å². The molecule has 0 saturated heterocycles. The predicted octanol–water partition coefficient (Wildman–Crippen LogP) is 11.7. The first-order valence-electron chi connectivity index (χ1n) is 19.0. The van der Waals surface area contributed by atoms with Crippen LogP contribution in [0.4, 0.5) is 0 Å². The van der Waals surface area contributed by atoms with Crippen molar-refractivity contribution >= 4 is 0 Å². The van der Waals surface area contributed by atoms with Gasteiger partial charge in [-0.05, 0) is 80.5 Å². The molecule has 0 aromatic heterocycles. The lowest BCUT2D eigenvalue weighted by Gasteiger charge is -2.51. The zero-order valence-electron chi connectivity index (χ0n) is 27.6. The van der Waals surface area contributed by atoms with Crippen LogP contribution in [0.1, 0.15) is 194 Å². The third-order valence-corrected chi connectivity index (χ3v) is 11.3. The molecule has 0 aromatic carbocycles. The van der Waals surface area contributed by atoms with Gasteiger partial charge in [-0.25, -0.2) is 0 Å². The fourth-order valence-corrected chi connectivity index (χ4v) is 8.95. The molecule has 2 rings (SSSR count). The first-order chi connectivity index (χ1) is 19.7. The van der Waals surface area contributed by atoms with E-state index in [1.807, 2.05) is 0 Å². The summed E-state index contributed by atoms with van der Waals surface area (Å²) in [6.45, 7) is 5.45. The fourth-order valence-electron chi connectivity index (χ4n) is 8.95. The molecular weight excluding hydrogens is 488 g/mol. The van der Waals surface area contributed by atoms with Crippen molar-refractivity contribution in [1.82, 2.24) is 0 Å². The van der Waals surface area contributed by atoms with E-state index < -0.39 is 0 Å². The zero-order valence-corrected chi connectivity index (χ0v) is 27.6. The van der Waals surface area contributed by atoms with Gasteiger partial charge < -0.3 is 10.2 Å². The van der Waals surface area contributed by atoms with Crippen molar-refractivity contribution in [3.63, 3.8) is 0 Å². The van der Waals surface area contributed by atoms with Crippen LogP contribution in [0.15, 0.2) is 0 Å². The van der Waals surface area contributed by atoms with Crippen LogP contribution in [0.3, 0.4) is 0 Å². The summed E-state index contributed by atoms with van der Waals surface area (Å²) in [5.41, 5.74) is 0. The average molecular weight is 563 g/mol. The Hall–Kier alpha value is -0.0800. The van der Waals surface area contributed by atoms with Crippen molar-refractivity contribution in [2.75, 3.05) is 13.2 Å². The van der Waals surface area contributed by atoms with Crippen LogP contribution >= 0.6 is 0 Å². The highest BCUT2D eigenvalue weighted by molar-refractivity contribution is 4.94. The highest BCUT2D eigenvalue weighted by Gasteiger charge is 2.44. The van der Waals surface area contributed by atoms with Crippen LogP contribution in [-0.2, 0) is 0 Å². The highest BCUT2D eigenvalue weighted by Crippen LogP contribution is 2.54. The summed E-state index contributed by atoms with van der Waals surface area (Å²) in [5, 5.41) is 18.2. The van der Waals surface area contributed by atoms with E-state index in [0.717, 1.165) is 48.3 Å². The molecule has 2 nitrogen and oxygen atoms in total. The molecule has 2 fully saturated rings. The van der Waals surface area contributed by atoms with Crippen LogP contribution in [0, 0.1) is 35.5 Å². The van der Waals surface area contributed by atoms with Crippen LogP contribution < -0.4 is 0 Å². The van der Waals surface area contributed by atoms with Gasteiger partial charge in [0.15, 0.2) is 0 Å². The lowest BCUT2D eigenvalue weighted by Crippen LogP contribution is -2.42. The van der Waals surface area contributed by atoms with Crippen molar-refractivity contribution in [3.05, 3.63) is 0 Å². The van der Waals surface area contributed by atoms with E-state index in [-0.39, 0.29) is 0 Å². The number of fused-ring (bicyclic) bond motifs is 1. The summed E-state index contributed by atoms with van der Waals surface area (Å²) in [4.78, 5) is 0. The number of rotatable bonds is 26. The topological polar surface area (TPSA) is 40.5 Å². The summed E-state index contributed by atoms with van der Waals surface area (Å²) < 4.78 is 0. The number of unbranched alkanes of at least 4 members (excludes halogenated alkanes) is 16. The minimum atomic E-state index is 0.368. The molecule has 2 N–H and O–H groups in total. The van der Waals surface area contributed by atoms with Gasteiger partial charge in [0.25, 0.3) is 0 Å². The molecule has 6 atom stereocenters. The normalized spacial score (nSPS) is 26.7. The van der Waals surface area contributed by atoms with Crippen LogP contribution in [0.5, 0.6) is 0 Å². The predicted molar refractivity (Wildman–Crippen MR) is 176 cm³/mol. The molecule has 0 aliphatic heterocycles. The van der Waals surface area contributed by atoms with Crippen LogP contribution in [0.25, 0.3) is 0 Å². The van der Waals surface area contributed by atoms with Gasteiger partial charge in [-0.15, -0.1) is 0 Å². The quantitative estimate of drug-likeness (QED) is 0.103. The Balaban J connectivity index is 1.97. The SMILES string of the molecule is CCCCCCC1CC2CCC(CCCCCCCCO)C(CCCCCCCCO)C2CC1CCCCCC. The van der Waals surface area contributed by atoms with Gasteiger partial charge >= 0.3 is 0 Å². The molecule has 238 valence electrons. The summed E-state index contributed by atoms with van der Waals surface area (Å²) in [7, 11) is 0. The van der Waals surface area contributed by atoms with Gasteiger partial charge in [0, 0.05) is 13.2 Å². The summed E-state index contributed by atoms with van der Waals surface area (Å²) >= 11 is 0. The van der Waals surface area contributed by atoms with E-state index in [2.05, 4.69) is 13.8 Å². The maximum Gasteiger partial charge on any atom is 0.0431 e. The molecular formula is C38H74O2. The number of hydrogen-bond acceptors (Lipinski definition) is 2. The Morgan fingerprint density at radius 3 is 1.38 bits per heavy atom. The minimum Gasteiger partial charge on any atom is -0.396 e. The maximum absolute atomic E-state index is 9.10. The second kappa shape index (κ2) is 24.4. The molecule has 0 radical (unpaired) electrons. The lowest BCUT2D eigenvalue weighted by atomic mass is 9.54. The number of aliphatic hydroxyl groups excluding tert-OH is 2. The van der Waals surface area contributed by atoms with Gasteiger partial charge in [0.2, 0.25) is 0 Å². The Labute approximate surface area is 252 Å². The van der Waals surface area contributed by atoms with Crippen LogP contribution in [-0.4, -0.2) is 23.4 Å². The average Bonchev–Trinajstić information content (AvgIpc) is 2.97. The Bertz CT molecular complexity index is 548. The molecule has 40 heavy (non-hydrogen) atoms. The molecule has 2 aliphatic carbocycles. The fraction of sp³-hybridized carbons (Fsp3) is 1.00. The summed E-state index contributed by atoms with van der Waals surface area (Å²) in [6, 6.07) is 0. The summed E-state index contributed by atoms with van der Waals surface area (Å²) in [6.07, 6.45) is 39.3. The highest BCUT2D eigenvalue weighted by atomic mass is 16.3. The molecule has 0 heterocycles. The Morgan fingerprint density at radius 2 is 0.850 bits per heavy atom. The second-order valence-electron chi connectivity index (χ2n) is 14.4. The zero-order chi connectivity index (χ0) is 28.7. The van der Waals surface area contributed by atoms with Crippen molar-refractivity contribution in [2.24, 2.45) is 35.5 Å². The molecule has 2 heteroatoms. The smallest absolute Gasteiger partial charge is 0.0431 e. The van der Waals surface area contributed by atoms with Gasteiger partial charge in [-0.3, -0.25) is 0 Å². The van der Waals surface area contributed by atoms with Crippen molar-refractivity contribution < 1.29 is 10.2 Å². The molecule has 0 amide bonds. The first kappa shape index (κ1) is 36.1. The number of hydrogen-bond donors (Lipinski definition) is 2. The largest absolute Gasteiger partial charge is 0.396 e. The van der Waals surface area contributed by atoms with Crippen molar-refractivity contribution in [2.45, 2.75) is 194 Å². The van der Waals surface area contributed by atoms with E-state index in [9.17, 15) is 0 Å². The molecule has 6 unspecified atom stereocenters. The Morgan fingerprint density at radius 1 is 0.425 bits per heavy atom. The minimum absolute atomic E-state index is 0.368. The van der Waals surface area contributed by atoms with Crippen LogP contribution in [0.2, 0.25) is 0 Å². The second-order valence-corrected chi connectivity index (χ2v) is 14.4. The third-order valence-electron chi connectivity index (χ3n) is 11.3. The lowest BCUT2D eigenvalue weighted by molar-refractivity contribution is -0.00866. The molecule has 0 spiro atoms. The van der Waals surface area contributed by atoms with Gasteiger partial charge in [-0.1, -0.05) is 149 Å². The number of aliphatic hydroxyl groups is 2.